The molecule has 174 valence electrons. The predicted molar refractivity (Wildman–Crippen MR) is 112 cm³/mol. The number of carbonyl (C=O) groups is 2. The Morgan fingerprint density at radius 3 is 2.45 bits per heavy atom. The highest BCUT2D eigenvalue weighted by atomic mass is 19.1. The van der Waals surface area contributed by atoms with Crippen LogP contribution in [0.2, 0.25) is 0 Å². The van der Waals surface area contributed by atoms with E-state index < -0.39 is 41.4 Å². The SMILES string of the molecule is CO[C@@H](C1CC(N)CN1C(=O)OC(C)(C)C)[C@@H](C)C(=O)NCCc1c(F)cccc1F. The number of amides is 2. The Bertz CT molecular complexity index is 764. The van der Waals surface area contributed by atoms with Gasteiger partial charge >= 0.3 is 6.09 Å². The highest BCUT2D eigenvalue weighted by Crippen LogP contribution is 2.27. The Morgan fingerprint density at radius 2 is 1.90 bits per heavy atom. The Hall–Kier alpha value is -2.26. The van der Waals surface area contributed by atoms with Crippen molar-refractivity contribution in [3.8, 4) is 0 Å². The van der Waals surface area contributed by atoms with Crippen LogP contribution >= 0.6 is 0 Å². The van der Waals surface area contributed by atoms with Gasteiger partial charge in [0.1, 0.15) is 17.2 Å². The Kier molecular flexibility index (Phi) is 8.36. The van der Waals surface area contributed by atoms with Crippen LogP contribution in [-0.4, -0.2) is 60.9 Å². The van der Waals surface area contributed by atoms with E-state index in [9.17, 15) is 18.4 Å². The molecule has 1 aromatic carbocycles. The maximum Gasteiger partial charge on any atom is 0.410 e. The van der Waals surface area contributed by atoms with Crippen molar-refractivity contribution in [2.75, 3.05) is 20.2 Å². The first-order valence-corrected chi connectivity index (χ1v) is 10.4. The molecular formula is C22H33F2N3O4. The quantitative estimate of drug-likeness (QED) is 0.679. The summed E-state index contributed by atoms with van der Waals surface area (Å²) in [4.78, 5) is 26.9. The van der Waals surface area contributed by atoms with Gasteiger partial charge in [-0.15, -0.1) is 0 Å². The second kappa shape index (κ2) is 10.4. The van der Waals surface area contributed by atoms with Gasteiger partial charge in [-0.25, -0.2) is 13.6 Å². The van der Waals surface area contributed by atoms with E-state index in [-0.39, 0.29) is 30.5 Å². The zero-order valence-corrected chi connectivity index (χ0v) is 18.8. The average Bonchev–Trinajstić information content (AvgIpc) is 3.04. The van der Waals surface area contributed by atoms with Crippen LogP contribution < -0.4 is 11.1 Å². The molecule has 2 rings (SSSR count). The molecule has 1 aliphatic heterocycles. The summed E-state index contributed by atoms with van der Waals surface area (Å²) >= 11 is 0. The molecule has 4 atom stereocenters. The number of benzene rings is 1. The molecule has 2 amide bonds. The lowest BCUT2D eigenvalue weighted by atomic mass is 9.94. The minimum Gasteiger partial charge on any atom is -0.444 e. The number of carbonyl (C=O) groups excluding carboxylic acids is 2. The largest absolute Gasteiger partial charge is 0.444 e. The van der Waals surface area contributed by atoms with Crippen LogP contribution in [0.25, 0.3) is 0 Å². The molecule has 0 spiro atoms. The second-order valence-electron chi connectivity index (χ2n) is 8.93. The van der Waals surface area contributed by atoms with Crippen LogP contribution in [0.3, 0.4) is 0 Å². The van der Waals surface area contributed by atoms with Gasteiger partial charge in [-0.2, -0.15) is 0 Å². The van der Waals surface area contributed by atoms with E-state index in [1.54, 1.807) is 27.7 Å². The van der Waals surface area contributed by atoms with Crippen LogP contribution in [0.5, 0.6) is 0 Å². The maximum absolute atomic E-state index is 13.8. The fourth-order valence-electron chi connectivity index (χ4n) is 3.83. The standard InChI is InChI=1S/C22H33F2N3O4/c1-13(20(28)26-10-9-15-16(23)7-6-8-17(15)24)19(30-5)18-11-14(25)12-27(18)21(29)31-22(2,3)4/h6-8,13-14,18-19H,9-12,25H2,1-5H3,(H,26,28)/t13-,14?,18?,19-/m1/s1. The molecular weight excluding hydrogens is 408 g/mol. The van der Waals surface area contributed by atoms with Crippen molar-refractivity contribution in [2.24, 2.45) is 11.7 Å². The minimum atomic E-state index is -0.665. The van der Waals surface area contributed by atoms with Crippen LogP contribution in [0.1, 0.15) is 39.7 Å². The fraction of sp³-hybridized carbons (Fsp3) is 0.636. The van der Waals surface area contributed by atoms with Crippen LogP contribution in [0.15, 0.2) is 18.2 Å². The number of nitrogens with two attached hydrogens (primary N) is 1. The third kappa shape index (κ3) is 6.61. The lowest BCUT2D eigenvalue weighted by molar-refractivity contribution is -0.130. The highest BCUT2D eigenvalue weighted by Gasteiger charge is 2.43. The number of hydrogen-bond donors (Lipinski definition) is 2. The molecule has 0 radical (unpaired) electrons. The molecule has 1 saturated heterocycles. The van der Waals surface area contributed by atoms with Gasteiger partial charge in [0.2, 0.25) is 5.91 Å². The van der Waals surface area contributed by atoms with Crippen molar-refractivity contribution in [1.29, 1.82) is 0 Å². The number of nitrogens with one attached hydrogen (secondary N) is 1. The zero-order chi connectivity index (χ0) is 23.3. The molecule has 31 heavy (non-hydrogen) atoms. The van der Waals surface area contributed by atoms with Crippen LogP contribution in [0, 0.1) is 17.6 Å². The molecule has 0 aliphatic carbocycles. The van der Waals surface area contributed by atoms with Crippen molar-refractivity contribution in [2.45, 2.75) is 64.3 Å². The third-order valence-corrected chi connectivity index (χ3v) is 5.30. The number of halogens is 2. The summed E-state index contributed by atoms with van der Waals surface area (Å²) in [6.45, 7) is 7.39. The van der Waals surface area contributed by atoms with Crippen molar-refractivity contribution in [3.05, 3.63) is 35.4 Å². The van der Waals surface area contributed by atoms with Crippen molar-refractivity contribution in [1.82, 2.24) is 10.2 Å². The maximum atomic E-state index is 13.8. The molecule has 0 saturated carbocycles. The summed E-state index contributed by atoms with van der Waals surface area (Å²) in [7, 11) is 1.47. The Labute approximate surface area is 182 Å². The summed E-state index contributed by atoms with van der Waals surface area (Å²) < 4.78 is 38.6. The van der Waals surface area contributed by atoms with Gasteiger partial charge in [0.05, 0.1) is 18.1 Å². The third-order valence-electron chi connectivity index (χ3n) is 5.30. The van der Waals surface area contributed by atoms with E-state index in [1.807, 2.05) is 0 Å². The molecule has 0 aromatic heterocycles. The second-order valence-corrected chi connectivity index (χ2v) is 8.93. The van der Waals surface area contributed by atoms with Gasteiger partial charge in [-0.1, -0.05) is 13.0 Å². The normalized spacial score (nSPS) is 21.0. The lowest BCUT2D eigenvalue weighted by Gasteiger charge is -2.34. The summed E-state index contributed by atoms with van der Waals surface area (Å²) in [6.07, 6.45) is -0.635. The smallest absolute Gasteiger partial charge is 0.410 e. The van der Waals surface area contributed by atoms with Gasteiger partial charge in [0.15, 0.2) is 0 Å². The number of methoxy groups -OCH3 is 1. The summed E-state index contributed by atoms with van der Waals surface area (Å²) in [5, 5.41) is 2.70. The molecule has 1 fully saturated rings. The molecule has 2 unspecified atom stereocenters. The lowest BCUT2D eigenvalue weighted by Crippen LogP contribution is -2.50. The summed E-state index contributed by atoms with van der Waals surface area (Å²) in [6, 6.07) is 2.96. The predicted octanol–water partition coefficient (Wildman–Crippen LogP) is 2.61. The first-order chi connectivity index (χ1) is 14.4. The van der Waals surface area contributed by atoms with Gasteiger partial charge in [0.25, 0.3) is 0 Å². The summed E-state index contributed by atoms with van der Waals surface area (Å²) in [5.74, 6) is -2.26. The van der Waals surface area contributed by atoms with Crippen molar-refractivity contribution in [3.63, 3.8) is 0 Å². The molecule has 1 heterocycles. The number of ether oxygens (including phenoxy) is 2. The van der Waals surface area contributed by atoms with Gasteiger partial charge in [0, 0.05) is 31.8 Å². The molecule has 9 heteroatoms. The fourth-order valence-corrected chi connectivity index (χ4v) is 3.83. The number of nitrogens with zero attached hydrogens (tertiary/aromatic N) is 1. The molecule has 7 nitrogen and oxygen atoms in total. The van der Waals surface area contributed by atoms with E-state index >= 15 is 0 Å². The Morgan fingerprint density at radius 1 is 1.29 bits per heavy atom. The molecule has 1 aromatic rings. The zero-order valence-electron chi connectivity index (χ0n) is 18.8. The van der Waals surface area contributed by atoms with Crippen molar-refractivity contribution < 1.29 is 27.8 Å². The first-order valence-electron chi connectivity index (χ1n) is 10.4. The van der Waals surface area contributed by atoms with Crippen LogP contribution in [-0.2, 0) is 20.7 Å². The van der Waals surface area contributed by atoms with E-state index in [0.29, 0.717) is 13.0 Å². The topological polar surface area (TPSA) is 93.9 Å². The van der Waals surface area contributed by atoms with Gasteiger partial charge in [-0.3, -0.25) is 4.79 Å². The first kappa shape index (κ1) is 25.0. The summed E-state index contributed by atoms with van der Waals surface area (Å²) in [5.41, 5.74) is 5.34. The molecule has 0 bridgehead atoms. The van der Waals surface area contributed by atoms with E-state index in [4.69, 9.17) is 15.2 Å². The number of likely N-dealkylation sites (tertiary alicyclic amines) is 1. The molecule has 3 N–H and O–H groups in total. The van der Waals surface area contributed by atoms with Gasteiger partial charge in [-0.05, 0) is 45.7 Å². The minimum absolute atomic E-state index is 0.0208. The van der Waals surface area contributed by atoms with E-state index in [1.165, 1.54) is 30.2 Å². The van der Waals surface area contributed by atoms with Crippen molar-refractivity contribution >= 4 is 12.0 Å². The Balaban J connectivity index is 2.02. The average molecular weight is 442 g/mol. The van der Waals surface area contributed by atoms with Gasteiger partial charge < -0.3 is 25.4 Å². The molecule has 1 aliphatic rings. The van der Waals surface area contributed by atoms with Crippen LogP contribution in [0.4, 0.5) is 13.6 Å². The monoisotopic (exact) mass is 441 g/mol. The number of rotatable bonds is 7. The number of hydrogen-bond acceptors (Lipinski definition) is 5. The highest BCUT2D eigenvalue weighted by molar-refractivity contribution is 5.79. The van der Waals surface area contributed by atoms with E-state index in [2.05, 4.69) is 5.32 Å². The van der Waals surface area contributed by atoms with E-state index in [0.717, 1.165) is 0 Å².